The first-order chi connectivity index (χ1) is 7.42. The fourth-order valence-electron chi connectivity index (χ4n) is 2.21. The smallest absolute Gasteiger partial charge is 0.151 e. The van der Waals surface area contributed by atoms with Crippen molar-refractivity contribution in [1.29, 1.82) is 0 Å². The van der Waals surface area contributed by atoms with Crippen LogP contribution >= 0.6 is 0 Å². The molecule has 15 heavy (non-hydrogen) atoms. The molecule has 1 unspecified atom stereocenters. The van der Waals surface area contributed by atoms with Crippen LogP contribution in [0.4, 0.5) is 5.82 Å². The van der Waals surface area contributed by atoms with Crippen LogP contribution in [0.2, 0.25) is 0 Å². The van der Waals surface area contributed by atoms with Crippen molar-refractivity contribution in [3.63, 3.8) is 0 Å². The van der Waals surface area contributed by atoms with E-state index in [1.54, 1.807) is 6.20 Å². The molecule has 0 bridgehead atoms. The molecule has 1 saturated heterocycles. The molecule has 1 atom stereocenters. The highest BCUT2D eigenvalue weighted by Crippen LogP contribution is 2.25. The van der Waals surface area contributed by atoms with Crippen LogP contribution in [0.25, 0.3) is 0 Å². The molecule has 4 heteroatoms. The Labute approximate surface area is 89.9 Å². The molecular weight excluding hydrogens is 190 g/mol. The Morgan fingerprint density at radius 2 is 2.47 bits per heavy atom. The van der Waals surface area contributed by atoms with Crippen molar-refractivity contribution in [3.05, 3.63) is 18.3 Å². The van der Waals surface area contributed by atoms with Crippen molar-refractivity contribution in [1.82, 2.24) is 10.2 Å². The van der Waals surface area contributed by atoms with E-state index in [1.165, 1.54) is 12.8 Å². The fraction of sp³-hybridized carbons (Fsp3) is 0.636. The third kappa shape index (κ3) is 2.45. The zero-order valence-corrected chi connectivity index (χ0v) is 8.84. The molecule has 0 saturated carbocycles. The van der Waals surface area contributed by atoms with Crippen LogP contribution in [0, 0.1) is 0 Å². The lowest BCUT2D eigenvalue weighted by Gasteiger charge is -2.24. The van der Waals surface area contributed by atoms with Gasteiger partial charge in [-0.2, -0.15) is 5.10 Å². The van der Waals surface area contributed by atoms with Gasteiger partial charge in [-0.05, 0) is 37.8 Å². The van der Waals surface area contributed by atoms with E-state index < -0.39 is 0 Å². The molecule has 4 nitrogen and oxygen atoms in total. The van der Waals surface area contributed by atoms with Crippen LogP contribution in [-0.2, 0) is 0 Å². The highest BCUT2D eigenvalue weighted by atomic mass is 16.2. The lowest BCUT2D eigenvalue weighted by atomic mass is 10.1. The van der Waals surface area contributed by atoms with Crippen LogP contribution in [0.3, 0.4) is 0 Å². The second-order valence-corrected chi connectivity index (χ2v) is 3.94. The molecule has 1 aliphatic heterocycles. The maximum Gasteiger partial charge on any atom is 0.151 e. The lowest BCUT2D eigenvalue weighted by molar-refractivity contribution is 0.279. The zero-order valence-electron chi connectivity index (χ0n) is 8.84. The van der Waals surface area contributed by atoms with Gasteiger partial charge in [-0.15, -0.1) is 5.10 Å². The molecule has 0 amide bonds. The van der Waals surface area contributed by atoms with Crippen molar-refractivity contribution in [3.8, 4) is 0 Å². The molecule has 1 aromatic heterocycles. The number of aromatic nitrogens is 2. The van der Waals surface area contributed by atoms with Gasteiger partial charge in [0.25, 0.3) is 0 Å². The number of rotatable bonds is 4. The average molecular weight is 207 g/mol. The van der Waals surface area contributed by atoms with E-state index in [4.69, 9.17) is 5.11 Å². The lowest BCUT2D eigenvalue weighted by Crippen LogP contribution is -2.30. The first kappa shape index (κ1) is 10.4. The number of hydrogen-bond donors (Lipinski definition) is 1. The molecule has 2 heterocycles. The Kier molecular flexibility index (Phi) is 3.50. The average Bonchev–Trinajstić information content (AvgIpc) is 2.75. The van der Waals surface area contributed by atoms with E-state index in [0.717, 1.165) is 25.2 Å². The molecule has 0 aromatic carbocycles. The summed E-state index contributed by atoms with van der Waals surface area (Å²) in [7, 11) is 0. The first-order valence-corrected chi connectivity index (χ1v) is 5.57. The summed E-state index contributed by atoms with van der Waals surface area (Å²) >= 11 is 0. The molecule has 1 fully saturated rings. The molecule has 1 aliphatic rings. The Balaban J connectivity index is 2.01. The molecular formula is C11H17N3O. The standard InChI is InChI=1S/C11H17N3O/c15-9-3-5-10-4-2-8-14(10)11-6-1-7-12-13-11/h1,6-7,10,15H,2-5,8-9H2. The minimum Gasteiger partial charge on any atom is -0.396 e. The Morgan fingerprint density at radius 1 is 1.53 bits per heavy atom. The van der Waals surface area contributed by atoms with Crippen LogP contribution in [0.1, 0.15) is 25.7 Å². The largest absolute Gasteiger partial charge is 0.396 e. The van der Waals surface area contributed by atoms with Crippen LogP contribution in [0.5, 0.6) is 0 Å². The van der Waals surface area contributed by atoms with Gasteiger partial charge < -0.3 is 10.0 Å². The Morgan fingerprint density at radius 3 is 3.20 bits per heavy atom. The third-order valence-corrected chi connectivity index (χ3v) is 2.93. The van der Waals surface area contributed by atoms with E-state index in [9.17, 15) is 0 Å². The Hall–Kier alpha value is -1.16. The number of anilines is 1. The number of aliphatic hydroxyl groups excluding tert-OH is 1. The summed E-state index contributed by atoms with van der Waals surface area (Å²) in [5.74, 6) is 0.970. The van der Waals surface area contributed by atoms with Gasteiger partial charge >= 0.3 is 0 Å². The first-order valence-electron chi connectivity index (χ1n) is 5.57. The summed E-state index contributed by atoms with van der Waals surface area (Å²) in [6, 6.07) is 4.46. The molecule has 1 N–H and O–H groups in total. The van der Waals surface area contributed by atoms with Gasteiger partial charge in [-0.25, -0.2) is 0 Å². The summed E-state index contributed by atoms with van der Waals surface area (Å²) in [5, 5.41) is 16.9. The second kappa shape index (κ2) is 5.07. The quantitative estimate of drug-likeness (QED) is 0.806. The van der Waals surface area contributed by atoms with E-state index in [-0.39, 0.29) is 6.61 Å². The normalized spacial score (nSPS) is 20.9. The minimum absolute atomic E-state index is 0.283. The molecule has 0 aliphatic carbocycles. The van der Waals surface area contributed by atoms with Crippen LogP contribution < -0.4 is 4.90 Å². The molecule has 1 aromatic rings. The summed E-state index contributed by atoms with van der Waals surface area (Å²) in [6.45, 7) is 1.35. The van der Waals surface area contributed by atoms with E-state index >= 15 is 0 Å². The van der Waals surface area contributed by atoms with Gasteiger partial charge in [-0.3, -0.25) is 0 Å². The summed E-state index contributed by atoms with van der Waals surface area (Å²) in [4.78, 5) is 2.31. The maximum atomic E-state index is 8.84. The molecule has 82 valence electrons. The van der Waals surface area contributed by atoms with Crippen molar-refractivity contribution in [2.45, 2.75) is 31.7 Å². The molecule has 2 rings (SSSR count). The minimum atomic E-state index is 0.283. The van der Waals surface area contributed by atoms with E-state index in [0.29, 0.717) is 6.04 Å². The van der Waals surface area contributed by atoms with Gasteiger partial charge in [0.05, 0.1) is 0 Å². The van der Waals surface area contributed by atoms with Crippen molar-refractivity contribution in [2.24, 2.45) is 0 Å². The molecule has 0 radical (unpaired) electrons. The van der Waals surface area contributed by atoms with Gasteiger partial charge in [0.1, 0.15) is 0 Å². The van der Waals surface area contributed by atoms with Gasteiger partial charge in [0, 0.05) is 25.4 Å². The SMILES string of the molecule is OCCCC1CCCN1c1cccnn1. The van der Waals surface area contributed by atoms with Crippen LogP contribution in [0.15, 0.2) is 18.3 Å². The number of hydrogen-bond acceptors (Lipinski definition) is 4. The predicted octanol–water partition coefficient (Wildman–Crippen LogP) is 1.22. The van der Waals surface area contributed by atoms with Crippen LogP contribution in [-0.4, -0.2) is 34.5 Å². The monoisotopic (exact) mass is 207 g/mol. The zero-order chi connectivity index (χ0) is 10.5. The topological polar surface area (TPSA) is 49.2 Å². The fourth-order valence-corrected chi connectivity index (χ4v) is 2.21. The van der Waals surface area contributed by atoms with Crippen molar-refractivity contribution >= 4 is 5.82 Å². The molecule has 0 spiro atoms. The van der Waals surface area contributed by atoms with Crippen molar-refractivity contribution < 1.29 is 5.11 Å². The predicted molar refractivity (Wildman–Crippen MR) is 58.7 cm³/mol. The van der Waals surface area contributed by atoms with Gasteiger partial charge in [0.15, 0.2) is 5.82 Å². The Bertz CT molecular complexity index is 291. The van der Waals surface area contributed by atoms with Crippen molar-refractivity contribution in [2.75, 3.05) is 18.1 Å². The third-order valence-electron chi connectivity index (χ3n) is 2.93. The number of aliphatic hydroxyl groups is 1. The second-order valence-electron chi connectivity index (χ2n) is 3.94. The highest BCUT2D eigenvalue weighted by Gasteiger charge is 2.24. The van der Waals surface area contributed by atoms with Gasteiger partial charge in [0.2, 0.25) is 0 Å². The number of nitrogens with zero attached hydrogens (tertiary/aromatic N) is 3. The summed E-state index contributed by atoms with van der Waals surface area (Å²) in [6.07, 6.45) is 6.04. The highest BCUT2D eigenvalue weighted by molar-refractivity contribution is 5.39. The van der Waals surface area contributed by atoms with E-state index in [1.807, 2.05) is 12.1 Å². The van der Waals surface area contributed by atoms with E-state index in [2.05, 4.69) is 15.1 Å². The van der Waals surface area contributed by atoms with Gasteiger partial charge in [-0.1, -0.05) is 0 Å². The maximum absolute atomic E-state index is 8.84. The summed E-state index contributed by atoms with van der Waals surface area (Å²) < 4.78 is 0. The summed E-state index contributed by atoms with van der Waals surface area (Å²) in [5.41, 5.74) is 0.